The fourth-order valence-electron chi connectivity index (χ4n) is 3.35. The average molecular weight is 547 g/mol. The van der Waals surface area contributed by atoms with E-state index in [1.807, 2.05) is 0 Å². The standard InChI is InChI=1S/C22H23F6N7O3/c1-4-38-17-7-13(6-16(31-17)21(23,24)25)30-20(37)29-8-14-5-11(2)18(33-32-14)15-10-35(9-12(3)36)34-19(15)22(26,27)28/h5-7,10,12,36H,4,8-9H2,1-3H3,(H2,29,30,31,37). The predicted octanol–water partition coefficient (Wildman–Crippen LogP) is 4.18. The molecule has 0 aliphatic rings. The van der Waals surface area contributed by atoms with Crippen molar-refractivity contribution in [3.8, 4) is 17.1 Å². The van der Waals surface area contributed by atoms with Gasteiger partial charge in [0, 0.05) is 18.0 Å². The highest BCUT2D eigenvalue weighted by molar-refractivity contribution is 5.89. The number of rotatable bonds is 8. The van der Waals surface area contributed by atoms with Gasteiger partial charge in [0.25, 0.3) is 0 Å². The number of anilines is 1. The van der Waals surface area contributed by atoms with Gasteiger partial charge < -0.3 is 20.5 Å². The van der Waals surface area contributed by atoms with Crippen LogP contribution in [0.5, 0.6) is 5.88 Å². The highest BCUT2D eigenvalue weighted by Crippen LogP contribution is 2.36. The van der Waals surface area contributed by atoms with Crippen molar-refractivity contribution in [1.82, 2.24) is 30.3 Å². The van der Waals surface area contributed by atoms with Gasteiger partial charge in [0.1, 0.15) is 0 Å². The fraction of sp³-hybridized carbons (Fsp3) is 0.409. The molecule has 0 spiro atoms. The largest absolute Gasteiger partial charge is 0.478 e. The van der Waals surface area contributed by atoms with Crippen molar-refractivity contribution in [3.05, 3.63) is 47.0 Å². The lowest BCUT2D eigenvalue weighted by atomic mass is 10.1. The Kier molecular flexibility index (Phi) is 8.44. The van der Waals surface area contributed by atoms with E-state index in [9.17, 15) is 36.2 Å². The molecule has 16 heteroatoms. The number of carbonyl (C=O) groups is 1. The summed E-state index contributed by atoms with van der Waals surface area (Å²) in [7, 11) is 0. The van der Waals surface area contributed by atoms with Gasteiger partial charge in [-0.05, 0) is 38.5 Å². The number of pyridine rings is 1. The van der Waals surface area contributed by atoms with Crippen molar-refractivity contribution in [2.75, 3.05) is 11.9 Å². The minimum Gasteiger partial charge on any atom is -0.478 e. The van der Waals surface area contributed by atoms with Crippen molar-refractivity contribution in [1.29, 1.82) is 0 Å². The van der Waals surface area contributed by atoms with Crippen molar-refractivity contribution in [3.63, 3.8) is 0 Å². The van der Waals surface area contributed by atoms with E-state index < -0.39 is 35.9 Å². The van der Waals surface area contributed by atoms with Crippen LogP contribution in [0.15, 0.2) is 24.4 Å². The van der Waals surface area contributed by atoms with Crippen LogP contribution in [0, 0.1) is 6.92 Å². The van der Waals surface area contributed by atoms with E-state index in [0.29, 0.717) is 11.6 Å². The first-order chi connectivity index (χ1) is 17.7. The Morgan fingerprint density at radius 1 is 1.13 bits per heavy atom. The number of alkyl halides is 6. The van der Waals surface area contributed by atoms with Crippen molar-refractivity contribution < 1.29 is 41.0 Å². The summed E-state index contributed by atoms with van der Waals surface area (Å²) in [5, 5.41) is 25.3. The number of amides is 2. The third-order valence-electron chi connectivity index (χ3n) is 4.84. The molecule has 38 heavy (non-hydrogen) atoms. The molecule has 2 amide bonds. The van der Waals surface area contributed by atoms with Crippen LogP contribution >= 0.6 is 0 Å². The number of urea groups is 1. The summed E-state index contributed by atoms with van der Waals surface area (Å²) in [4.78, 5) is 15.6. The lowest BCUT2D eigenvalue weighted by molar-refractivity contribution is -0.142. The number of hydrogen-bond donors (Lipinski definition) is 3. The topological polar surface area (TPSA) is 127 Å². The van der Waals surface area contributed by atoms with Gasteiger partial charge in [-0.15, -0.1) is 5.10 Å². The molecule has 1 unspecified atom stereocenters. The molecule has 0 aliphatic heterocycles. The van der Waals surface area contributed by atoms with E-state index in [2.05, 4.69) is 30.9 Å². The smallest absolute Gasteiger partial charge is 0.435 e. The van der Waals surface area contributed by atoms with Crippen molar-refractivity contribution in [2.45, 2.75) is 52.3 Å². The quantitative estimate of drug-likeness (QED) is 0.361. The number of nitrogens with zero attached hydrogens (tertiary/aromatic N) is 5. The number of hydrogen-bond acceptors (Lipinski definition) is 7. The minimum atomic E-state index is -4.79. The molecule has 3 heterocycles. The molecule has 3 aromatic heterocycles. The lowest BCUT2D eigenvalue weighted by Gasteiger charge is -2.13. The Morgan fingerprint density at radius 3 is 2.42 bits per heavy atom. The van der Waals surface area contributed by atoms with Gasteiger partial charge in [-0.3, -0.25) is 4.68 Å². The molecule has 0 aromatic carbocycles. The monoisotopic (exact) mass is 547 g/mol. The second kappa shape index (κ2) is 11.2. The zero-order valence-corrected chi connectivity index (χ0v) is 20.3. The number of aliphatic hydroxyl groups is 1. The van der Waals surface area contributed by atoms with Gasteiger partial charge in [-0.1, -0.05) is 0 Å². The highest BCUT2D eigenvalue weighted by Gasteiger charge is 2.38. The Balaban J connectivity index is 1.75. The molecule has 0 aliphatic carbocycles. The molecule has 3 rings (SSSR count). The van der Waals surface area contributed by atoms with E-state index in [-0.39, 0.29) is 48.2 Å². The molecular formula is C22H23F6N7O3. The molecule has 206 valence electrons. The molecule has 1 atom stereocenters. The molecular weight excluding hydrogens is 524 g/mol. The minimum absolute atomic E-state index is 0.0553. The maximum atomic E-state index is 13.5. The van der Waals surface area contributed by atoms with Crippen molar-refractivity contribution >= 4 is 11.7 Å². The van der Waals surface area contributed by atoms with Gasteiger partial charge in [0.15, 0.2) is 11.4 Å². The van der Waals surface area contributed by atoms with Crippen LogP contribution < -0.4 is 15.4 Å². The molecule has 10 nitrogen and oxygen atoms in total. The predicted molar refractivity (Wildman–Crippen MR) is 121 cm³/mol. The van der Waals surface area contributed by atoms with Crippen molar-refractivity contribution in [2.24, 2.45) is 0 Å². The number of aromatic nitrogens is 5. The first kappa shape index (κ1) is 28.6. The first-order valence-corrected chi connectivity index (χ1v) is 11.1. The van der Waals surface area contributed by atoms with Crippen LogP contribution in [0.4, 0.5) is 36.8 Å². The number of carbonyl (C=O) groups excluding carboxylic acids is 1. The maximum absolute atomic E-state index is 13.5. The Hall–Kier alpha value is -3.95. The number of aryl methyl sites for hydroxylation is 1. The van der Waals surface area contributed by atoms with Crippen LogP contribution in [0.25, 0.3) is 11.3 Å². The van der Waals surface area contributed by atoms with Gasteiger partial charge in [-0.2, -0.15) is 36.5 Å². The number of ether oxygens (including phenoxy) is 1. The number of halogens is 6. The fourth-order valence-corrected chi connectivity index (χ4v) is 3.35. The normalized spacial score (nSPS) is 12.8. The summed E-state index contributed by atoms with van der Waals surface area (Å²) in [5.41, 5.74) is -2.63. The van der Waals surface area contributed by atoms with Crippen LogP contribution in [0.2, 0.25) is 0 Å². The van der Waals surface area contributed by atoms with E-state index >= 15 is 0 Å². The first-order valence-electron chi connectivity index (χ1n) is 11.1. The molecule has 0 bridgehead atoms. The molecule has 3 N–H and O–H groups in total. The average Bonchev–Trinajstić information content (AvgIpc) is 3.20. The summed E-state index contributed by atoms with van der Waals surface area (Å²) < 4.78 is 85.8. The van der Waals surface area contributed by atoms with Gasteiger partial charge in [0.2, 0.25) is 5.88 Å². The molecule has 3 aromatic rings. The molecule has 0 saturated carbocycles. The van der Waals surface area contributed by atoms with Crippen LogP contribution in [-0.4, -0.2) is 48.8 Å². The van der Waals surface area contributed by atoms with Crippen LogP contribution in [0.3, 0.4) is 0 Å². The Bertz CT molecular complexity index is 1290. The van der Waals surface area contributed by atoms with E-state index in [0.717, 1.165) is 16.9 Å². The van der Waals surface area contributed by atoms with Gasteiger partial charge in [0.05, 0.1) is 42.8 Å². The zero-order valence-electron chi connectivity index (χ0n) is 20.3. The SMILES string of the molecule is CCOc1cc(NC(=O)NCc2cc(C)c(-c3cn(CC(C)O)nc3C(F)(F)F)nn2)cc(C(F)(F)F)n1. The summed E-state index contributed by atoms with van der Waals surface area (Å²) in [6, 6.07) is 2.27. The second-order valence-electron chi connectivity index (χ2n) is 8.15. The third-order valence-corrected chi connectivity index (χ3v) is 4.84. The van der Waals surface area contributed by atoms with E-state index in [4.69, 9.17) is 4.74 Å². The zero-order chi connectivity index (χ0) is 28.3. The maximum Gasteiger partial charge on any atom is 0.435 e. The van der Waals surface area contributed by atoms with Crippen LogP contribution in [-0.2, 0) is 25.4 Å². The molecule has 0 radical (unpaired) electrons. The molecule has 0 fully saturated rings. The second-order valence-corrected chi connectivity index (χ2v) is 8.15. The Labute approximate surface area is 212 Å². The lowest BCUT2D eigenvalue weighted by Crippen LogP contribution is -2.29. The Morgan fingerprint density at radius 2 is 1.84 bits per heavy atom. The number of aliphatic hydroxyl groups excluding tert-OH is 1. The van der Waals surface area contributed by atoms with E-state index in [1.165, 1.54) is 19.9 Å². The third kappa shape index (κ3) is 7.30. The van der Waals surface area contributed by atoms with Gasteiger partial charge in [-0.25, -0.2) is 9.78 Å². The summed E-state index contributed by atoms with van der Waals surface area (Å²) in [5.74, 6) is -0.329. The molecule has 0 saturated heterocycles. The van der Waals surface area contributed by atoms with Crippen LogP contribution in [0.1, 0.15) is 36.5 Å². The number of nitrogens with one attached hydrogen (secondary N) is 2. The highest BCUT2D eigenvalue weighted by atomic mass is 19.4. The summed E-state index contributed by atoms with van der Waals surface area (Å²) in [6.07, 6.45) is -9.38. The summed E-state index contributed by atoms with van der Waals surface area (Å²) >= 11 is 0. The van der Waals surface area contributed by atoms with E-state index in [1.54, 1.807) is 6.92 Å². The van der Waals surface area contributed by atoms with Gasteiger partial charge >= 0.3 is 18.4 Å². The summed E-state index contributed by atoms with van der Waals surface area (Å²) in [6.45, 7) is 4.11.